The van der Waals surface area contributed by atoms with E-state index >= 15 is 4.39 Å². The molecule has 1 saturated carbocycles. The molecule has 2 aliphatic carbocycles. The number of hydrogen-bond acceptors (Lipinski definition) is 7. The number of aliphatic hydroxyl groups is 2. The van der Waals surface area contributed by atoms with Crippen LogP contribution < -0.4 is 10.9 Å². The Labute approximate surface area is 248 Å². The van der Waals surface area contributed by atoms with E-state index in [2.05, 4.69) is 5.32 Å². The Morgan fingerprint density at radius 1 is 1.19 bits per heavy atom. The predicted octanol–water partition coefficient (Wildman–Crippen LogP) is 3.96. The number of nitrogens with zero attached hydrogens (tertiary/aromatic N) is 2. The lowest BCUT2D eigenvalue weighted by Gasteiger charge is -2.38. The zero-order valence-electron chi connectivity index (χ0n) is 24.5. The summed E-state index contributed by atoms with van der Waals surface area (Å²) in [5.74, 6) is -1.23. The Morgan fingerprint density at radius 3 is 2.67 bits per heavy atom. The fourth-order valence-electron chi connectivity index (χ4n) is 8.04. The van der Waals surface area contributed by atoms with Gasteiger partial charge in [0.1, 0.15) is 12.4 Å². The van der Waals surface area contributed by atoms with Crippen molar-refractivity contribution in [1.82, 2.24) is 14.9 Å². The molecule has 2 aromatic heterocycles. The van der Waals surface area contributed by atoms with Gasteiger partial charge in [0, 0.05) is 29.2 Å². The number of aryl methyl sites for hydroxylation is 1. The highest BCUT2D eigenvalue weighted by atomic mass is 19.1. The lowest BCUT2D eigenvalue weighted by Crippen LogP contribution is -2.45. The number of nitrogens with one attached hydrogen (secondary N) is 1. The molecule has 2 aliphatic heterocycles. The van der Waals surface area contributed by atoms with Gasteiger partial charge in [0.05, 0.1) is 40.5 Å². The van der Waals surface area contributed by atoms with Crippen molar-refractivity contribution in [1.29, 1.82) is 0 Å². The second-order valence-electron chi connectivity index (χ2n) is 12.7. The molecule has 0 spiro atoms. The van der Waals surface area contributed by atoms with Crippen molar-refractivity contribution < 1.29 is 28.9 Å². The Kier molecular flexibility index (Phi) is 6.52. The molecular weight excluding hydrogens is 553 g/mol. The van der Waals surface area contributed by atoms with E-state index < -0.39 is 23.0 Å². The third-order valence-electron chi connectivity index (χ3n) is 10.6. The van der Waals surface area contributed by atoms with E-state index in [1.54, 1.807) is 24.5 Å². The Bertz CT molecular complexity index is 1770. The van der Waals surface area contributed by atoms with Crippen LogP contribution in [0.1, 0.15) is 97.7 Å². The van der Waals surface area contributed by atoms with E-state index in [1.807, 2.05) is 0 Å². The van der Waals surface area contributed by atoms with Crippen molar-refractivity contribution in [3.8, 4) is 11.4 Å². The van der Waals surface area contributed by atoms with E-state index in [1.165, 1.54) is 6.07 Å². The Morgan fingerprint density at radius 2 is 1.95 bits per heavy atom. The highest BCUT2D eigenvalue weighted by Crippen LogP contribution is 2.47. The van der Waals surface area contributed by atoms with E-state index in [0.717, 1.165) is 54.2 Å². The van der Waals surface area contributed by atoms with Crippen LogP contribution in [0.3, 0.4) is 0 Å². The van der Waals surface area contributed by atoms with E-state index in [0.29, 0.717) is 41.7 Å². The summed E-state index contributed by atoms with van der Waals surface area (Å²) in [7, 11) is 0. The average molecular weight is 590 g/mol. The monoisotopic (exact) mass is 589 g/mol. The maximum absolute atomic E-state index is 15.2. The lowest BCUT2D eigenvalue weighted by molar-refractivity contribution is -0.172. The first-order valence-corrected chi connectivity index (χ1v) is 15.4. The van der Waals surface area contributed by atoms with Crippen LogP contribution in [0, 0.1) is 18.2 Å². The number of cyclic esters (lactones) is 1. The minimum absolute atomic E-state index is 0.0303. The molecule has 1 fully saturated rings. The van der Waals surface area contributed by atoms with Gasteiger partial charge in [-0.05, 0) is 68.2 Å². The fraction of sp³-hybridized carbons (Fsp3) is 0.515. The molecule has 0 bridgehead atoms. The number of ether oxygens (including phenoxy) is 1. The van der Waals surface area contributed by atoms with Crippen LogP contribution in [-0.4, -0.2) is 38.2 Å². The van der Waals surface area contributed by atoms with Gasteiger partial charge >= 0.3 is 5.97 Å². The van der Waals surface area contributed by atoms with Crippen molar-refractivity contribution in [3.05, 3.63) is 61.7 Å². The average Bonchev–Trinajstić information content (AvgIpc) is 3.37. The van der Waals surface area contributed by atoms with Crippen LogP contribution in [0.25, 0.3) is 22.3 Å². The van der Waals surface area contributed by atoms with Gasteiger partial charge in [-0.2, -0.15) is 0 Å². The SMILES string of the molecule is CC[C@@]1(O)C(=O)OCc2c1cc1n(c2=O)Cc2c-1nc1cc(F)c(C)c3c1c2[C@@H](NC(=O)C1(CCO)CCCCC1)CC3. The van der Waals surface area contributed by atoms with E-state index in [-0.39, 0.29) is 54.6 Å². The summed E-state index contributed by atoms with van der Waals surface area (Å²) < 4.78 is 22.0. The molecule has 4 aliphatic rings. The molecule has 0 saturated heterocycles. The number of esters is 1. The zero-order chi connectivity index (χ0) is 30.3. The first kappa shape index (κ1) is 28.2. The number of aromatic nitrogens is 2. The summed E-state index contributed by atoms with van der Waals surface area (Å²) in [6.45, 7) is 3.31. The molecule has 3 aromatic rings. The topological polar surface area (TPSA) is 131 Å². The molecule has 9 nitrogen and oxygen atoms in total. The van der Waals surface area contributed by atoms with Gasteiger partial charge < -0.3 is 24.8 Å². The van der Waals surface area contributed by atoms with Crippen LogP contribution in [0.5, 0.6) is 0 Å². The van der Waals surface area contributed by atoms with E-state index in [4.69, 9.17) is 9.72 Å². The van der Waals surface area contributed by atoms with Gasteiger partial charge in [-0.3, -0.25) is 9.59 Å². The van der Waals surface area contributed by atoms with Gasteiger partial charge in [-0.25, -0.2) is 14.2 Å². The van der Waals surface area contributed by atoms with Gasteiger partial charge in [0.25, 0.3) is 5.56 Å². The molecule has 0 unspecified atom stereocenters. The summed E-state index contributed by atoms with van der Waals surface area (Å²) in [5, 5.41) is 25.3. The number of rotatable bonds is 5. The number of benzene rings is 1. The number of carbonyl (C=O) groups excluding carboxylic acids is 2. The third-order valence-corrected chi connectivity index (χ3v) is 10.6. The smallest absolute Gasteiger partial charge is 0.343 e. The van der Waals surface area contributed by atoms with Crippen molar-refractivity contribution in [2.24, 2.45) is 5.41 Å². The molecule has 3 N–H and O–H groups in total. The molecule has 10 heteroatoms. The number of amides is 1. The molecule has 43 heavy (non-hydrogen) atoms. The fourth-order valence-corrected chi connectivity index (χ4v) is 8.04. The highest BCUT2D eigenvalue weighted by molar-refractivity contribution is 5.94. The molecule has 1 aromatic carbocycles. The van der Waals surface area contributed by atoms with Crippen LogP contribution >= 0.6 is 0 Å². The number of carbonyl (C=O) groups is 2. The predicted molar refractivity (Wildman–Crippen MR) is 156 cm³/mol. The van der Waals surface area contributed by atoms with Gasteiger partial charge in [0.2, 0.25) is 5.91 Å². The molecule has 226 valence electrons. The van der Waals surface area contributed by atoms with Crippen molar-refractivity contribution in [2.45, 2.75) is 96.4 Å². The summed E-state index contributed by atoms with van der Waals surface area (Å²) in [6, 6.07) is 2.67. The van der Waals surface area contributed by atoms with Gasteiger partial charge in [0.15, 0.2) is 5.60 Å². The first-order chi connectivity index (χ1) is 20.6. The maximum Gasteiger partial charge on any atom is 0.343 e. The highest BCUT2D eigenvalue weighted by Gasteiger charge is 2.46. The Balaban J connectivity index is 1.42. The Hall–Kier alpha value is -3.63. The molecular formula is C33H36FN3O6. The third kappa shape index (κ3) is 3.95. The van der Waals surface area contributed by atoms with Crippen LogP contribution in [0.15, 0.2) is 16.9 Å². The standard InChI is InChI=1S/C33H36FN3O6/c1-3-33(42)21-13-25-28-19(15-37(25)29(39)20(21)16-43-31(33)41)27-23(36-30(40)32(11-12-38)9-5-4-6-10-32)8-7-18-17(2)22(34)14-24(35-28)26(18)27/h13-14,23,38,42H,3-12,15-16H2,1-2H3,(H,36,40)/t23-,33-/m0/s1. The van der Waals surface area contributed by atoms with Crippen molar-refractivity contribution >= 4 is 22.8 Å². The second kappa shape index (κ2) is 9.95. The molecule has 2 atom stereocenters. The van der Waals surface area contributed by atoms with Crippen LogP contribution in [0.2, 0.25) is 0 Å². The number of pyridine rings is 2. The van der Waals surface area contributed by atoms with Crippen molar-refractivity contribution in [3.63, 3.8) is 0 Å². The second-order valence-corrected chi connectivity index (χ2v) is 12.7. The van der Waals surface area contributed by atoms with E-state index in [9.17, 15) is 24.6 Å². The number of halogens is 1. The summed E-state index contributed by atoms with van der Waals surface area (Å²) in [6.07, 6.45) is 5.96. The van der Waals surface area contributed by atoms with Gasteiger partial charge in [-0.1, -0.05) is 26.2 Å². The minimum Gasteiger partial charge on any atom is -0.458 e. The molecule has 4 heterocycles. The summed E-state index contributed by atoms with van der Waals surface area (Å²) in [4.78, 5) is 45.3. The summed E-state index contributed by atoms with van der Waals surface area (Å²) in [5.41, 5.74) is 1.89. The number of aliphatic hydroxyl groups excluding tert-OH is 1. The molecule has 7 rings (SSSR count). The lowest BCUT2D eigenvalue weighted by atomic mass is 9.71. The van der Waals surface area contributed by atoms with Crippen LogP contribution in [0.4, 0.5) is 4.39 Å². The first-order valence-electron chi connectivity index (χ1n) is 15.4. The largest absolute Gasteiger partial charge is 0.458 e. The zero-order valence-corrected chi connectivity index (χ0v) is 24.5. The normalized spacial score (nSPS) is 23.4. The molecule has 1 amide bonds. The minimum atomic E-state index is -1.95. The van der Waals surface area contributed by atoms with Gasteiger partial charge in [-0.15, -0.1) is 0 Å². The number of fused-ring (bicyclic) bond motifs is 5. The quantitative estimate of drug-likeness (QED) is 0.301. The van der Waals surface area contributed by atoms with Crippen LogP contribution in [-0.2, 0) is 39.5 Å². The maximum atomic E-state index is 15.2. The van der Waals surface area contributed by atoms with Crippen molar-refractivity contribution in [2.75, 3.05) is 6.61 Å². The summed E-state index contributed by atoms with van der Waals surface area (Å²) >= 11 is 0. The molecule has 0 radical (unpaired) electrons. The number of hydrogen-bond donors (Lipinski definition) is 3.